The van der Waals surface area contributed by atoms with Crippen molar-refractivity contribution in [3.63, 3.8) is 0 Å². The van der Waals surface area contributed by atoms with E-state index in [0.717, 1.165) is 40.4 Å². The van der Waals surface area contributed by atoms with E-state index in [4.69, 9.17) is 9.73 Å². The van der Waals surface area contributed by atoms with Crippen molar-refractivity contribution in [2.24, 2.45) is 10.9 Å². The largest absolute Gasteiger partial charge is 0.482 e. The van der Waals surface area contributed by atoms with Crippen LogP contribution in [0.15, 0.2) is 46.8 Å². The third kappa shape index (κ3) is 4.49. The van der Waals surface area contributed by atoms with Gasteiger partial charge in [0.2, 0.25) is 0 Å². The standard InChI is InChI=1S/C24H27N3O2S/c1-15(2)7-8-27-21(18-5-6-22-20(12-18)26-23(28)13-29-22)14-30-24(27)25-19-10-16(3)9-17(4)11-19/h5-6,9-12,14-15H,7-8,13H2,1-4H3,(H,26,28). The average Bonchev–Trinajstić information content (AvgIpc) is 3.07. The molecule has 0 radical (unpaired) electrons. The summed E-state index contributed by atoms with van der Waals surface area (Å²) in [6, 6.07) is 12.4. The number of nitrogens with one attached hydrogen (secondary N) is 1. The van der Waals surface area contributed by atoms with Crippen molar-refractivity contribution in [2.45, 2.75) is 40.7 Å². The molecule has 1 aliphatic rings. The van der Waals surface area contributed by atoms with Crippen LogP contribution in [0.1, 0.15) is 31.4 Å². The first-order valence-electron chi connectivity index (χ1n) is 10.3. The summed E-state index contributed by atoms with van der Waals surface area (Å²) in [5, 5.41) is 5.05. The Labute approximate surface area is 181 Å². The number of thiazole rings is 1. The molecule has 5 nitrogen and oxygen atoms in total. The lowest BCUT2D eigenvalue weighted by Gasteiger charge is -2.19. The molecule has 1 amide bonds. The number of rotatable bonds is 5. The Bertz CT molecular complexity index is 1140. The maximum atomic E-state index is 11.7. The third-order valence-corrected chi connectivity index (χ3v) is 5.93. The highest BCUT2D eigenvalue weighted by atomic mass is 32.1. The molecule has 0 atom stereocenters. The third-order valence-electron chi connectivity index (χ3n) is 5.07. The molecular formula is C24H27N3O2S. The molecule has 0 saturated carbocycles. The van der Waals surface area contributed by atoms with Crippen LogP contribution in [-0.4, -0.2) is 17.1 Å². The van der Waals surface area contributed by atoms with Gasteiger partial charge in [0.1, 0.15) is 5.75 Å². The van der Waals surface area contributed by atoms with Crippen molar-refractivity contribution in [2.75, 3.05) is 11.9 Å². The van der Waals surface area contributed by atoms with Crippen LogP contribution >= 0.6 is 11.3 Å². The average molecular weight is 422 g/mol. The Morgan fingerprint density at radius 3 is 2.67 bits per heavy atom. The first kappa shape index (κ1) is 20.4. The molecule has 2 aromatic carbocycles. The Morgan fingerprint density at radius 2 is 1.93 bits per heavy atom. The first-order valence-corrected chi connectivity index (χ1v) is 11.2. The second-order valence-corrected chi connectivity index (χ2v) is 9.08. The molecule has 4 rings (SSSR count). The molecule has 0 saturated heterocycles. The van der Waals surface area contributed by atoms with Gasteiger partial charge in [0.25, 0.3) is 5.91 Å². The summed E-state index contributed by atoms with van der Waals surface area (Å²) in [6.07, 6.45) is 1.06. The van der Waals surface area contributed by atoms with Gasteiger partial charge in [-0.15, -0.1) is 11.3 Å². The van der Waals surface area contributed by atoms with Crippen molar-refractivity contribution in [1.29, 1.82) is 0 Å². The Balaban J connectivity index is 1.80. The van der Waals surface area contributed by atoms with Crippen LogP contribution in [0.3, 0.4) is 0 Å². The van der Waals surface area contributed by atoms with Gasteiger partial charge in [-0.05, 0) is 67.6 Å². The Kier molecular flexibility index (Phi) is 5.77. The number of aromatic nitrogens is 1. The van der Waals surface area contributed by atoms with Gasteiger partial charge in [-0.1, -0.05) is 19.9 Å². The van der Waals surface area contributed by atoms with E-state index < -0.39 is 0 Å². The molecule has 0 spiro atoms. The molecule has 30 heavy (non-hydrogen) atoms. The zero-order chi connectivity index (χ0) is 21.3. The molecule has 6 heteroatoms. The molecule has 2 heterocycles. The van der Waals surface area contributed by atoms with Gasteiger partial charge in [-0.25, -0.2) is 4.99 Å². The molecule has 0 fully saturated rings. The van der Waals surface area contributed by atoms with Crippen LogP contribution in [0.2, 0.25) is 0 Å². The molecule has 0 bridgehead atoms. The second-order valence-electron chi connectivity index (χ2n) is 8.24. The number of amides is 1. The lowest BCUT2D eigenvalue weighted by Crippen LogP contribution is -2.25. The van der Waals surface area contributed by atoms with E-state index in [0.29, 0.717) is 11.7 Å². The van der Waals surface area contributed by atoms with Gasteiger partial charge in [0.05, 0.1) is 17.1 Å². The number of ether oxygens (including phenoxy) is 1. The number of aryl methyl sites for hydroxylation is 2. The lowest BCUT2D eigenvalue weighted by molar-refractivity contribution is -0.118. The number of carbonyl (C=O) groups is 1. The van der Waals surface area contributed by atoms with Crippen molar-refractivity contribution in [1.82, 2.24) is 4.57 Å². The second kappa shape index (κ2) is 8.48. The van der Waals surface area contributed by atoms with Gasteiger partial charge in [-0.2, -0.15) is 0 Å². The summed E-state index contributed by atoms with van der Waals surface area (Å²) in [4.78, 5) is 17.7. The number of hydrogen-bond acceptors (Lipinski definition) is 4. The van der Waals surface area contributed by atoms with Crippen LogP contribution in [-0.2, 0) is 11.3 Å². The molecule has 1 aromatic heterocycles. The topological polar surface area (TPSA) is 55.6 Å². The van der Waals surface area contributed by atoms with E-state index in [-0.39, 0.29) is 12.5 Å². The predicted octanol–water partition coefficient (Wildman–Crippen LogP) is 5.44. The van der Waals surface area contributed by atoms with Crippen LogP contribution in [0.5, 0.6) is 5.75 Å². The number of anilines is 1. The van der Waals surface area contributed by atoms with Gasteiger partial charge in [0, 0.05) is 17.5 Å². The van der Waals surface area contributed by atoms with Crippen molar-refractivity contribution in [3.8, 4) is 17.0 Å². The smallest absolute Gasteiger partial charge is 0.262 e. The first-order chi connectivity index (χ1) is 14.4. The van der Waals surface area contributed by atoms with E-state index in [9.17, 15) is 4.79 Å². The summed E-state index contributed by atoms with van der Waals surface area (Å²) in [5.41, 5.74) is 6.27. The molecule has 3 aromatic rings. The Hall–Kier alpha value is -2.86. The van der Waals surface area contributed by atoms with E-state index in [1.165, 1.54) is 11.1 Å². The highest BCUT2D eigenvalue weighted by molar-refractivity contribution is 7.07. The quantitative estimate of drug-likeness (QED) is 0.596. The fourth-order valence-electron chi connectivity index (χ4n) is 3.62. The lowest BCUT2D eigenvalue weighted by atomic mass is 10.1. The zero-order valence-electron chi connectivity index (χ0n) is 17.9. The fraction of sp³-hybridized carbons (Fsp3) is 0.333. The molecule has 0 aliphatic carbocycles. The Morgan fingerprint density at radius 1 is 1.17 bits per heavy atom. The van der Waals surface area contributed by atoms with Crippen LogP contribution in [0.25, 0.3) is 11.3 Å². The number of hydrogen-bond donors (Lipinski definition) is 1. The molecule has 0 unspecified atom stereocenters. The minimum Gasteiger partial charge on any atom is -0.482 e. The fourth-order valence-corrected chi connectivity index (χ4v) is 4.58. The predicted molar refractivity (Wildman–Crippen MR) is 122 cm³/mol. The van der Waals surface area contributed by atoms with Crippen LogP contribution in [0.4, 0.5) is 11.4 Å². The summed E-state index contributed by atoms with van der Waals surface area (Å²) >= 11 is 1.64. The number of benzene rings is 2. The maximum Gasteiger partial charge on any atom is 0.262 e. The van der Waals surface area contributed by atoms with Crippen molar-refractivity contribution < 1.29 is 9.53 Å². The van der Waals surface area contributed by atoms with Gasteiger partial charge >= 0.3 is 0 Å². The summed E-state index contributed by atoms with van der Waals surface area (Å²) in [6.45, 7) is 9.63. The highest BCUT2D eigenvalue weighted by Gasteiger charge is 2.18. The van der Waals surface area contributed by atoms with Crippen molar-refractivity contribution in [3.05, 3.63) is 57.7 Å². The van der Waals surface area contributed by atoms with Gasteiger partial charge in [0.15, 0.2) is 11.4 Å². The van der Waals surface area contributed by atoms with E-state index >= 15 is 0 Å². The highest BCUT2D eigenvalue weighted by Crippen LogP contribution is 2.33. The normalized spacial score (nSPS) is 13.9. The minimum atomic E-state index is -0.122. The molecule has 156 valence electrons. The molecular weight excluding hydrogens is 394 g/mol. The SMILES string of the molecule is Cc1cc(C)cc(N=c2scc(-c3ccc4c(c3)NC(=O)CO4)n2CCC(C)C)c1. The van der Waals surface area contributed by atoms with E-state index in [1.807, 2.05) is 18.2 Å². The van der Waals surface area contributed by atoms with E-state index in [1.54, 1.807) is 11.3 Å². The number of carbonyl (C=O) groups excluding carboxylic acids is 1. The summed E-state index contributed by atoms with van der Waals surface area (Å²) in [5.74, 6) is 1.18. The van der Waals surface area contributed by atoms with Crippen molar-refractivity contribution >= 4 is 28.6 Å². The van der Waals surface area contributed by atoms with Crippen LogP contribution in [0, 0.1) is 19.8 Å². The minimum absolute atomic E-state index is 0.0676. The summed E-state index contributed by atoms with van der Waals surface area (Å²) < 4.78 is 7.79. The van der Waals surface area contributed by atoms with Gasteiger partial charge < -0.3 is 14.6 Å². The zero-order valence-corrected chi connectivity index (χ0v) is 18.7. The number of fused-ring (bicyclic) bond motifs is 1. The molecule has 1 N–H and O–H groups in total. The van der Waals surface area contributed by atoms with E-state index in [2.05, 4.69) is 61.2 Å². The molecule has 1 aliphatic heterocycles. The van der Waals surface area contributed by atoms with Crippen LogP contribution < -0.4 is 14.9 Å². The monoisotopic (exact) mass is 421 g/mol. The summed E-state index contributed by atoms with van der Waals surface area (Å²) in [7, 11) is 0. The number of nitrogens with zero attached hydrogens (tertiary/aromatic N) is 2. The maximum absolute atomic E-state index is 11.7. The van der Waals surface area contributed by atoms with Gasteiger partial charge in [-0.3, -0.25) is 4.79 Å².